The second-order valence-electron chi connectivity index (χ2n) is 4.55. The Morgan fingerprint density at radius 1 is 1.14 bits per heavy atom. The monoisotopic (exact) mass is 308 g/mol. The average molecular weight is 308 g/mol. The van der Waals surface area contributed by atoms with Crippen LogP contribution in [0.2, 0.25) is 0 Å². The molecule has 0 saturated carbocycles. The lowest BCUT2D eigenvalue weighted by atomic mass is 10.0. The van der Waals surface area contributed by atoms with Gasteiger partial charge in [0.05, 0.1) is 5.56 Å². The van der Waals surface area contributed by atoms with Gasteiger partial charge in [-0.15, -0.1) is 0 Å². The number of anilines is 1. The molecular weight excluding hydrogens is 297 g/mol. The van der Waals surface area contributed by atoms with E-state index in [0.717, 1.165) is 12.1 Å². The van der Waals surface area contributed by atoms with E-state index in [1.165, 1.54) is 37.5 Å². The van der Waals surface area contributed by atoms with Gasteiger partial charge in [-0.1, -0.05) is 0 Å². The van der Waals surface area contributed by atoms with Gasteiger partial charge in [-0.25, -0.2) is 0 Å². The maximum absolute atomic E-state index is 12.9. The molecule has 0 aliphatic heterocycles. The van der Waals surface area contributed by atoms with Crippen molar-refractivity contribution in [1.82, 2.24) is 4.98 Å². The van der Waals surface area contributed by atoms with Gasteiger partial charge in [-0.3, -0.25) is 14.6 Å². The number of amides is 1. The van der Waals surface area contributed by atoms with Gasteiger partial charge in [0.25, 0.3) is 0 Å². The summed E-state index contributed by atoms with van der Waals surface area (Å²) in [6.45, 7) is 1.17. The fourth-order valence-electron chi connectivity index (χ4n) is 1.86. The molecule has 0 atom stereocenters. The van der Waals surface area contributed by atoms with Crippen LogP contribution in [0.5, 0.6) is 0 Å². The van der Waals surface area contributed by atoms with Crippen molar-refractivity contribution in [2.75, 3.05) is 5.32 Å². The standard InChI is InChI=1S/C15H11F3N2O2/c1-9(21)20-13-6-11(5-12(7-13)15(16,17)18)14(22)10-3-2-4-19-8-10/h2-8H,1H3,(H,20,21). The van der Waals surface area contributed by atoms with Crippen LogP contribution in [-0.4, -0.2) is 16.7 Å². The normalized spacial score (nSPS) is 11.1. The largest absolute Gasteiger partial charge is 0.416 e. The summed E-state index contributed by atoms with van der Waals surface area (Å²) >= 11 is 0. The number of carbonyl (C=O) groups excluding carboxylic acids is 2. The van der Waals surface area contributed by atoms with Gasteiger partial charge >= 0.3 is 6.18 Å². The van der Waals surface area contributed by atoms with Crippen LogP contribution in [0.25, 0.3) is 0 Å². The molecule has 7 heteroatoms. The summed E-state index contributed by atoms with van der Waals surface area (Å²) in [5, 5.41) is 2.26. The molecule has 0 aliphatic rings. The van der Waals surface area contributed by atoms with E-state index in [1.807, 2.05) is 0 Å². The molecule has 22 heavy (non-hydrogen) atoms. The molecular formula is C15H11F3N2O2. The third kappa shape index (κ3) is 3.69. The number of aromatic nitrogens is 1. The predicted molar refractivity (Wildman–Crippen MR) is 73.4 cm³/mol. The SMILES string of the molecule is CC(=O)Nc1cc(C(=O)c2cccnc2)cc(C(F)(F)F)c1. The zero-order valence-electron chi connectivity index (χ0n) is 11.4. The van der Waals surface area contributed by atoms with Crippen LogP contribution < -0.4 is 5.32 Å². The summed E-state index contributed by atoms with van der Waals surface area (Å²) in [6.07, 6.45) is -1.91. The van der Waals surface area contributed by atoms with Crippen LogP contribution in [0, 0.1) is 0 Å². The van der Waals surface area contributed by atoms with Gasteiger partial charge in [0.1, 0.15) is 0 Å². The summed E-state index contributed by atoms with van der Waals surface area (Å²) < 4.78 is 38.7. The van der Waals surface area contributed by atoms with Crippen molar-refractivity contribution in [3.8, 4) is 0 Å². The molecule has 1 aromatic carbocycles. The lowest BCUT2D eigenvalue weighted by Crippen LogP contribution is -2.12. The molecule has 0 saturated heterocycles. The molecule has 2 rings (SSSR count). The van der Waals surface area contributed by atoms with Crippen molar-refractivity contribution in [3.05, 3.63) is 59.4 Å². The van der Waals surface area contributed by atoms with E-state index in [-0.39, 0.29) is 16.8 Å². The van der Waals surface area contributed by atoms with Gasteiger partial charge in [0.2, 0.25) is 5.91 Å². The minimum absolute atomic E-state index is 0.0884. The van der Waals surface area contributed by atoms with Crippen molar-refractivity contribution in [2.45, 2.75) is 13.1 Å². The molecule has 1 amide bonds. The summed E-state index contributed by atoms with van der Waals surface area (Å²) in [4.78, 5) is 27.0. The van der Waals surface area contributed by atoms with E-state index in [0.29, 0.717) is 0 Å². The number of nitrogens with one attached hydrogen (secondary N) is 1. The first kappa shape index (κ1) is 15.7. The number of benzene rings is 1. The van der Waals surface area contributed by atoms with Gasteiger partial charge in [-0.05, 0) is 30.3 Å². The Labute approximate surface area is 124 Å². The Balaban J connectivity index is 2.50. The minimum atomic E-state index is -4.63. The summed E-state index contributed by atoms with van der Waals surface area (Å²) in [6, 6.07) is 5.69. The van der Waals surface area contributed by atoms with E-state index in [1.54, 1.807) is 0 Å². The number of hydrogen-bond acceptors (Lipinski definition) is 3. The number of ketones is 1. The molecule has 0 spiro atoms. The van der Waals surface area contributed by atoms with Gasteiger partial charge in [0.15, 0.2) is 5.78 Å². The van der Waals surface area contributed by atoms with Gasteiger partial charge in [0, 0.05) is 36.1 Å². The molecule has 0 unspecified atom stereocenters. The minimum Gasteiger partial charge on any atom is -0.326 e. The molecule has 1 heterocycles. The lowest BCUT2D eigenvalue weighted by molar-refractivity contribution is -0.137. The van der Waals surface area contributed by atoms with Gasteiger partial charge < -0.3 is 5.32 Å². The molecule has 0 bridgehead atoms. The van der Waals surface area contributed by atoms with Crippen molar-refractivity contribution in [3.63, 3.8) is 0 Å². The van der Waals surface area contributed by atoms with Crippen LogP contribution >= 0.6 is 0 Å². The Bertz CT molecular complexity index is 712. The molecule has 0 fully saturated rings. The number of alkyl halides is 3. The average Bonchev–Trinajstić information content (AvgIpc) is 2.45. The first-order valence-corrected chi connectivity index (χ1v) is 6.22. The van der Waals surface area contributed by atoms with E-state index in [4.69, 9.17) is 0 Å². The zero-order chi connectivity index (χ0) is 16.3. The smallest absolute Gasteiger partial charge is 0.326 e. The topological polar surface area (TPSA) is 59.1 Å². The maximum Gasteiger partial charge on any atom is 0.416 e. The van der Waals surface area contributed by atoms with Crippen LogP contribution in [0.3, 0.4) is 0 Å². The highest BCUT2D eigenvalue weighted by Crippen LogP contribution is 2.32. The van der Waals surface area contributed by atoms with Crippen molar-refractivity contribution < 1.29 is 22.8 Å². The zero-order valence-corrected chi connectivity index (χ0v) is 11.4. The molecule has 0 aliphatic carbocycles. The quantitative estimate of drug-likeness (QED) is 0.885. The molecule has 1 aromatic heterocycles. The van der Waals surface area contributed by atoms with E-state index in [2.05, 4.69) is 10.3 Å². The highest BCUT2D eigenvalue weighted by atomic mass is 19.4. The predicted octanol–water partition coefficient (Wildman–Crippen LogP) is 3.29. The molecule has 1 N–H and O–H groups in total. The van der Waals surface area contributed by atoms with Crippen LogP contribution in [0.4, 0.5) is 18.9 Å². The number of hydrogen-bond donors (Lipinski definition) is 1. The number of rotatable bonds is 3. The third-order valence-corrected chi connectivity index (χ3v) is 2.77. The molecule has 114 valence electrons. The Morgan fingerprint density at radius 3 is 2.41 bits per heavy atom. The first-order valence-electron chi connectivity index (χ1n) is 6.22. The van der Waals surface area contributed by atoms with Crippen LogP contribution in [0.1, 0.15) is 28.4 Å². The second-order valence-corrected chi connectivity index (χ2v) is 4.55. The summed E-state index contributed by atoms with van der Waals surface area (Å²) in [7, 11) is 0. The number of halogens is 3. The maximum atomic E-state index is 12.9. The molecule has 4 nitrogen and oxygen atoms in total. The third-order valence-electron chi connectivity index (χ3n) is 2.77. The highest BCUT2D eigenvalue weighted by molar-refractivity contribution is 6.09. The van der Waals surface area contributed by atoms with Crippen molar-refractivity contribution >= 4 is 17.4 Å². The summed E-state index contributed by atoms with van der Waals surface area (Å²) in [5.41, 5.74) is -1.11. The van der Waals surface area contributed by atoms with Crippen molar-refractivity contribution in [1.29, 1.82) is 0 Å². The Morgan fingerprint density at radius 2 is 1.86 bits per heavy atom. The first-order chi connectivity index (χ1) is 10.3. The fourth-order valence-corrected chi connectivity index (χ4v) is 1.86. The van der Waals surface area contributed by atoms with E-state index in [9.17, 15) is 22.8 Å². The lowest BCUT2D eigenvalue weighted by Gasteiger charge is -2.12. The van der Waals surface area contributed by atoms with Crippen LogP contribution in [0.15, 0.2) is 42.7 Å². The second kappa shape index (κ2) is 5.97. The fraction of sp³-hybridized carbons (Fsp3) is 0.133. The van der Waals surface area contributed by atoms with Crippen molar-refractivity contribution in [2.24, 2.45) is 0 Å². The van der Waals surface area contributed by atoms with Crippen LogP contribution in [-0.2, 0) is 11.0 Å². The molecule has 0 radical (unpaired) electrons. The number of nitrogens with zero attached hydrogens (tertiary/aromatic N) is 1. The number of carbonyl (C=O) groups is 2. The van der Waals surface area contributed by atoms with E-state index < -0.39 is 23.4 Å². The molecule has 2 aromatic rings. The van der Waals surface area contributed by atoms with Gasteiger partial charge in [-0.2, -0.15) is 13.2 Å². The Hall–Kier alpha value is -2.70. The Kier molecular flexibility index (Phi) is 4.25. The highest BCUT2D eigenvalue weighted by Gasteiger charge is 2.32. The number of pyridine rings is 1. The van der Waals surface area contributed by atoms with E-state index >= 15 is 0 Å². The summed E-state index contributed by atoms with van der Waals surface area (Å²) in [5.74, 6) is -1.13.